The van der Waals surface area contributed by atoms with Gasteiger partial charge in [-0.25, -0.2) is 8.78 Å². The number of unbranched alkanes of at least 4 members (excludes halogenated alkanes) is 3. The van der Waals surface area contributed by atoms with Gasteiger partial charge in [-0.15, -0.1) is 0 Å². The fourth-order valence-corrected chi connectivity index (χ4v) is 2.15. The van der Waals surface area contributed by atoms with E-state index in [2.05, 4.69) is 28.6 Å². The van der Waals surface area contributed by atoms with Gasteiger partial charge in [0.15, 0.2) is 11.6 Å². The van der Waals surface area contributed by atoms with Gasteiger partial charge in [0.2, 0.25) is 0 Å². The van der Waals surface area contributed by atoms with Crippen molar-refractivity contribution in [1.82, 2.24) is 0 Å². The molecule has 0 N–H and O–H groups in total. The lowest BCUT2D eigenvalue weighted by atomic mass is 10.2. The molecule has 5 heteroatoms. The van der Waals surface area contributed by atoms with Gasteiger partial charge in [-0.2, -0.15) is 12.6 Å². The molecule has 0 saturated carbocycles. The minimum atomic E-state index is -0.674. The molecular weight excluding hydrogens is 310 g/mol. The quantitative estimate of drug-likeness (QED) is 0.569. The molecule has 1 aromatic rings. The number of benzene rings is 1. The number of ether oxygens (including phenoxy) is 1. The minimum absolute atomic E-state index is 0.0839. The predicted octanol–water partition coefficient (Wildman–Crippen LogP) is 4.60. The second-order valence-electron chi connectivity index (χ2n) is 3.68. The molecule has 0 spiro atoms. The third-order valence-electron chi connectivity index (χ3n) is 2.26. The molecule has 0 aliphatic rings. The molecule has 96 valence electrons. The van der Waals surface area contributed by atoms with Crippen LogP contribution in [0.3, 0.4) is 0 Å². The highest BCUT2D eigenvalue weighted by Crippen LogP contribution is 2.29. The van der Waals surface area contributed by atoms with Crippen LogP contribution in [0.1, 0.15) is 25.7 Å². The third-order valence-corrected chi connectivity index (χ3v) is 3.17. The maximum atomic E-state index is 13.3. The maximum Gasteiger partial charge on any atom is 0.169 e. The molecular formula is C12H15BrF2OS. The lowest BCUT2D eigenvalue weighted by Crippen LogP contribution is -2.00. The number of rotatable bonds is 7. The van der Waals surface area contributed by atoms with E-state index in [9.17, 15) is 8.78 Å². The summed E-state index contributed by atoms with van der Waals surface area (Å²) in [5, 5.41) is 0. The summed E-state index contributed by atoms with van der Waals surface area (Å²) in [5.74, 6) is -0.317. The molecule has 0 radical (unpaired) electrons. The van der Waals surface area contributed by atoms with Gasteiger partial charge in [-0.3, -0.25) is 0 Å². The second kappa shape index (κ2) is 7.93. The van der Waals surface area contributed by atoms with E-state index in [4.69, 9.17) is 4.74 Å². The van der Waals surface area contributed by atoms with Crippen LogP contribution >= 0.6 is 28.6 Å². The van der Waals surface area contributed by atoms with Gasteiger partial charge in [0.25, 0.3) is 0 Å². The molecule has 1 nitrogen and oxygen atoms in total. The van der Waals surface area contributed by atoms with E-state index >= 15 is 0 Å². The average molecular weight is 325 g/mol. The van der Waals surface area contributed by atoms with Crippen LogP contribution in [0.5, 0.6) is 5.75 Å². The summed E-state index contributed by atoms with van der Waals surface area (Å²) in [6.07, 6.45) is 4.07. The highest BCUT2D eigenvalue weighted by molar-refractivity contribution is 9.10. The van der Waals surface area contributed by atoms with E-state index in [0.29, 0.717) is 11.1 Å². The Morgan fingerprint density at radius 2 is 1.82 bits per heavy atom. The Hall–Kier alpha value is -0.290. The first-order chi connectivity index (χ1) is 8.15. The molecule has 0 unspecified atom stereocenters. The Balaban J connectivity index is 2.36. The largest absolute Gasteiger partial charge is 0.489 e. The lowest BCUT2D eigenvalue weighted by molar-refractivity contribution is 0.287. The van der Waals surface area contributed by atoms with Crippen LogP contribution in [0.15, 0.2) is 16.6 Å². The molecule has 0 aliphatic carbocycles. The van der Waals surface area contributed by atoms with Crippen LogP contribution in [0.4, 0.5) is 8.78 Å². The van der Waals surface area contributed by atoms with Crippen LogP contribution in [0, 0.1) is 11.6 Å². The Morgan fingerprint density at radius 1 is 1.12 bits per heavy atom. The van der Waals surface area contributed by atoms with Gasteiger partial charge >= 0.3 is 0 Å². The molecule has 0 aliphatic heterocycles. The van der Waals surface area contributed by atoms with Crippen molar-refractivity contribution >= 4 is 28.6 Å². The van der Waals surface area contributed by atoms with Crippen LogP contribution in [-0.4, -0.2) is 12.4 Å². The van der Waals surface area contributed by atoms with Crippen LogP contribution in [0.25, 0.3) is 0 Å². The fourth-order valence-electron chi connectivity index (χ4n) is 1.41. The van der Waals surface area contributed by atoms with Crippen molar-refractivity contribution < 1.29 is 13.5 Å². The summed E-state index contributed by atoms with van der Waals surface area (Å²) in [5.41, 5.74) is 0. The summed E-state index contributed by atoms with van der Waals surface area (Å²) in [6.45, 7) is 0.438. The van der Waals surface area contributed by atoms with Gasteiger partial charge in [0.1, 0.15) is 5.82 Å². The molecule has 0 atom stereocenters. The van der Waals surface area contributed by atoms with Gasteiger partial charge in [-0.1, -0.05) is 12.8 Å². The first kappa shape index (κ1) is 14.8. The number of halogens is 3. The maximum absolute atomic E-state index is 13.3. The fraction of sp³-hybridized carbons (Fsp3) is 0.500. The molecule has 0 saturated heterocycles. The van der Waals surface area contributed by atoms with Crippen molar-refractivity contribution in [3.05, 3.63) is 28.2 Å². The average Bonchev–Trinajstić information content (AvgIpc) is 2.26. The summed E-state index contributed by atoms with van der Waals surface area (Å²) in [6, 6.07) is 2.01. The third kappa shape index (κ3) is 5.25. The molecule has 0 fully saturated rings. The zero-order chi connectivity index (χ0) is 12.7. The topological polar surface area (TPSA) is 9.23 Å². The summed E-state index contributed by atoms with van der Waals surface area (Å²) >= 11 is 7.19. The molecule has 0 aromatic heterocycles. The Morgan fingerprint density at radius 3 is 2.47 bits per heavy atom. The molecule has 0 bridgehead atoms. The van der Waals surface area contributed by atoms with Gasteiger partial charge in [-0.05, 0) is 40.6 Å². The Labute approximate surface area is 114 Å². The number of hydrogen-bond donors (Lipinski definition) is 1. The van der Waals surface area contributed by atoms with Crippen LogP contribution in [0.2, 0.25) is 0 Å². The standard InChI is InChI=1S/C12H15BrF2OS/c13-10-7-9(14)8-11(15)12(10)16-5-3-1-2-4-6-17/h7-8,17H,1-6H2. The molecule has 17 heavy (non-hydrogen) atoms. The predicted molar refractivity (Wildman–Crippen MR) is 71.9 cm³/mol. The number of thiol groups is 1. The van der Waals surface area contributed by atoms with E-state index in [-0.39, 0.29) is 5.75 Å². The first-order valence-electron chi connectivity index (χ1n) is 5.53. The van der Waals surface area contributed by atoms with Gasteiger partial charge < -0.3 is 4.74 Å². The van der Waals surface area contributed by atoms with E-state index in [1.165, 1.54) is 6.07 Å². The zero-order valence-electron chi connectivity index (χ0n) is 9.39. The monoisotopic (exact) mass is 324 g/mol. The zero-order valence-corrected chi connectivity index (χ0v) is 11.9. The second-order valence-corrected chi connectivity index (χ2v) is 4.99. The molecule has 0 amide bonds. The van der Waals surface area contributed by atoms with Crippen molar-refractivity contribution in [3.8, 4) is 5.75 Å². The van der Waals surface area contributed by atoms with Crippen molar-refractivity contribution in [2.45, 2.75) is 25.7 Å². The van der Waals surface area contributed by atoms with E-state index in [1.807, 2.05) is 0 Å². The Kier molecular flexibility index (Phi) is 6.89. The summed E-state index contributed by atoms with van der Waals surface area (Å²) in [4.78, 5) is 0. The van der Waals surface area contributed by atoms with Gasteiger partial charge in [0.05, 0.1) is 11.1 Å². The molecule has 0 heterocycles. The first-order valence-corrected chi connectivity index (χ1v) is 6.96. The van der Waals surface area contributed by atoms with Crippen molar-refractivity contribution in [3.63, 3.8) is 0 Å². The van der Waals surface area contributed by atoms with Crippen LogP contribution in [-0.2, 0) is 0 Å². The Bertz CT molecular complexity index is 337. The van der Waals surface area contributed by atoms with Gasteiger partial charge in [0, 0.05) is 6.07 Å². The smallest absolute Gasteiger partial charge is 0.169 e. The van der Waals surface area contributed by atoms with Crippen molar-refractivity contribution in [2.24, 2.45) is 0 Å². The van der Waals surface area contributed by atoms with Crippen LogP contribution < -0.4 is 4.74 Å². The van der Waals surface area contributed by atoms with E-state index < -0.39 is 11.6 Å². The molecule has 1 rings (SSSR count). The normalized spacial score (nSPS) is 10.6. The highest BCUT2D eigenvalue weighted by Gasteiger charge is 2.10. The summed E-state index contributed by atoms with van der Waals surface area (Å²) in [7, 11) is 0. The van der Waals surface area contributed by atoms with Crippen molar-refractivity contribution in [2.75, 3.05) is 12.4 Å². The summed E-state index contributed by atoms with van der Waals surface area (Å²) < 4.78 is 31.7. The van der Waals surface area contributed by atoms with Crippen molar-refractivity contribution in [1.29, 1.82) is 0 Å². The highest BCUT2D eigenvalue weighted by atomic mass is 79.9. The SMILES string of the molecule is Fc1cc(F)c(OCCCCCCS)c(Br)c1. The van der Waals surface area contributed by atoms with E-state index in [1.54, 1.807) is 0 Å². The minimum Gasteiger partial charge on any atom is -0.489 e. The number of hydrogen-bond acceptors (Lipinski definition) is 2. The lowest BCUT2D eigenvalue weighted by Gasteiger charge is -2.09. The van der Waals surface area contributed by atoms with E-state index in [0.717, 1.165) is 37.5 Å². The molecule has 1 aromatic carbocycles.